The largest absolute Gasteiger partial charge is 0.486 e. The molecular formula is C16H20FNO4. The predicted octanol–water partition coefficient (Wildman–Crippen LogP) is 2.21. The van der Waals surface area contributed by atoms with E-state index in [0.717, 1.165) is 0 Å². The van der Waals surface area contributed by atoms with Crippen LogP contribution in [-0.2, 0) is 9.59 Å². The summed E-state index contributed by atoms with van der Waals surface area (Å²) < 4.78 is 19.1. The standard InChI is InChI=1S/C16H20FNO4/c1-2-10(22-14-6-4-3-5-13(14)17)9-18-15(19)11-7-8-12(11)16(20)21/h3-6,10-12H,2,7-9H2,1H3,(H,18,19)(H,20,21). The zero-order valence-electron chi connectivity index (χ0n) is 12.4. The van der Waals surface area contributed by atoms with Crippen molar-refractivity contribution >= 4 is 11.9 Å². The van der Waals surface area contributed by atoms with Crippen molar-refractivity contribution in [3.63, 3.8) is 0 Å². The second-order valence-electron chi connectivity index (χ2n) is 5.45. The average Bonchev–Trinajstić information content (AvgIpc) is 2.43. The van der Waals surface area contributed by atoms with Crippen molar-refractivity contribution < 1.29 is 23.8 Å². The minimum Gasteiger partial charge on any atom is -0.486 e. The van der Waals surface area contributed by atoms with Crippen LogP contribution in [0.5, 0.6) is 5.75 Å². The molecule has 1 amide bonds. The van der Waals surface area contributed by atoms with Crippen LogP contribution in [0, 0.1) is 17.7 Å². The summed E-state index contributed by atoms with van der Waals surface area (Å²) in [4.78, 5) is 22.9. The van der Waals surface area contributed by atoms with Gasteiger partial charge in [-0.05, 0) is 31.4 Å². The summed E-state index contributed by atoms with van der Waals surface area (Å²) in [6.07, 6.45) is 1.37. The maximum absolute atomic E-state index is 13.5. The normalized spacial score (nSPS) is 21.5. The Morgan fingerprint density at radius 3 is 2.59 bits per heavy atom. The Bertz CT molecular complexity index is 549. The van der Waals surface area contributed by atoms with Crippen molar-refractivity contribution in [1.82, 2.24) is 5.32 Å². The molecule has 2 N–H and O–H groups in total. The third kappa shape index (κ3) is 3.75. The Hall–Kier alpha value is -2.11. The van der Waals surface area contributed by atoms with E-state index in [0.29, 0.717) is 19.3 Å². The van der Waals surface area contributed by atoms with Crippen LogP contribution in [0.25, 0.3) is 0 Å². The zero-order chi connectivity index (χ0) is 16.1. The van der Waals surface area contributed by atoms with Gasteiger partial charge in [0.25, 0.3) is 0 Å². The molecule has 1 aliphatic carbocycles. The molecule has 1 fully saturated rings. The number of ether oxygens (including phenoxy) is 1. The van der Waals surface area contributed by atoms with Gasteiger partial charge in [0.05, 0.1) is 18.4 Å². The molecule has 1 aromatic carbocycles. The van der Waals surface area contributed by atoms with Crippen molar-refractivity contribution in [3.8, 4) is 5.75 Å². The van der Waals surface area contributed by atoms with E-state index in [2.05, 4.69) is 5.32 Å². The molecule has 0 spiro atoms. The minimum atomic E-state index is -0.930. The van der Waals surface area contributed by atoms with Crippen LogP contribution in [0.15, 0.2) is 24.3 Å². The molecule has 0 bridgehead atoms. The first kappa shape index (κ1) is 16.3. The fourth-order valence-electron chi connectivity index (χ4n) is 2.44. The van der Waals surface area contributed by atoms with Gasteiger partial charge < -0.3 is 15.2 Å². The van der Waals surface area contributed by atoms with Gasteiger partial charge in [0.1, 0.15) is 6.10 Å². The number of para-hydroxylation sites is 1. The van der Waals surface area contributed by atoms with Gasteiger partial charge in [-0.2, -0.15) is 0 Å². The van der Waals surface area contributed by atoms with E-state index >= 15 is 0 Å². The fourth-order valence-corrected chi connectivity index (χ4v) is 2.44. The van der Waals surface area contributed by atoms with Crippen LogP contribution < -0.4 is 10.1 Å². The zero-order valence-corrected chi connectivity index (χ0v) is 12.4. The molecule has 1 saturated carbocycles. The van der Waals surface area contributed by atoms with Crippen LogP contribution in [0.3, 0.4) is 0 Å². The minimum absolute atomic E-state index is 0.149. The summed E-state index contributed by atoms with van der Waals surface area (Å²) >= 11 is 0. The third-order valence-electron chi connectivity index (χ3n) is 4.02. The molecule has 3 unspecified atom stereocenters. The first-order valence-corrected chi connectivity index (χ1v) is 7.44. The molecule has 0 heterocycles. The number of rotatable bonds is 7. The van der Waals surface area contributed by atoms with Crippen molar-refractivity contribution in [2.24, 2.45) is 11.8 Å². The Morgan fingerprint density at radius 2 is 2.05 bits per heavy atom. The first-order valence-electron chi connectivity index (χ1n) is 7.44. The Labute approximate surface area is 128 Å². The Morgan fingerprint density at radius 1 is 1.36 bits per heavy atom. The molecule has 22 heavy (non-hydrogen) atoms. The Kier molecular flexibility index (Phi) is 5.35. The second-order valence-corrected chi connectivity index (χ2v) is 5.45. The van der Waals surface area contributed by atoms with Gasteiger partial charge in [-0.1, -0.05) is 19.1 Å². The summed E-state index contributed by atoms with van der Waals surface area (Å²) in [7, 11) is 0. The van der Waals surface area contributed by atoms with Gasteiger partial charge >= 0.3 is 5.97 Å². The highest BCUT2D eigenvalue weighted by Crippen LogP contribution is 2.34. The topological polar surface area (TPSA) is 75.6 Å². The summed E-state index contributed by atoms with van der Waals surface area (Å²) in [5.74, 6) is -2.56. The molecule has 0 aliphatic heterocycles. The summed E-state index contributed by atoms with van der Waals surface area (Å²) in [5.41, 5.74) is 0. The van der Waals surface area contributed by atoms with E-state index in [9.17, 15) is 14.0 Å². The first-order chi connectivity index (χ1) is 10.5. The number of carboxylic acid groups (broad SMARTS) is 1. The SMILES string of the molecule is CCC(CNC(=O)C1CCC1C(=O)O)Oc1ccccc1F. The van der Waals surface area contributed by atoms with Crippen molar-refractivity contribution in [2.45, 2.75) is 32.3 Å². The number of amides is 1. The van der Waals surface area contributed by atoms with E-state index in [1.807, 2.05) is 6.92 Å². The average molecular weight is 309 g/mol. The monoisotopic (exact) mass is 309 g/mol. The highest BCUT2D eigenvalue weighted by Gasteiger charge is 2.41. The van der Waals surface area contributed by atoms with Crippen LogP contribution in [0.2, 0.25) is 0 Å². The van der Waals surface area contributed by atoms with Gasteiger partial charge in [0.15, 0.2) is 11.6 Å². The van der Waals surface area contributed by atoms with Gasteiger partial charge in [0.2, 0.25) is 5.91 Å². The molecule has 1 aliphatic rings. The maximum Gasteiger partial charge on any atom is 0.307 e. The van der Waals surface area contributed by atoms with E-state index in [-0.39, 0.29) is 24.3 Å². The molecule has 120 valence electrons. The number of benzene rings is 1. The lowest BCUT2D eigenvalue weighted by molar-refractivity contribution is -0.152. The van der Waals surface area contributed by atoms with Crippen molar-refractivity contribution in [1.29, 1.82) is 0 Å². The molecule has 0 radical (unpaired) electrons. The molecular weight excluding hydrogens is 289 g/mol. The van der Waals surface area contributed by atoms with Gasteiger partial charge in [0, 0.05) is 0 Å². The number of hydrogen-bond acceptors (Lipinski definition) is 3. The lowest BCUT2D eigenvalue weighted by atomic mass is 9.73. The van der Waals surface area contributed by atoms with E-state index in [4.69, 9.17) is 9.84 Å². The number of halogens is 1. The van der Waals surface area contributed by atoms with Crippen LogP contribution in [-0.4, -0.2) is 29.6 Å². The quantitative estimate of drug-likeness (QED) is 0.809. The van der Waals surface area contributed by atoms with E-state index in [1.165, 1.54) is 12.1 Å². The lowest BCUT2D eigenvalue weighted by Crippen LogP contribution is -2.46. The highest BCUT2D eigenvalue weighted by molar-refractivity contribution is 5.86. The molecule has 6 heteroatoms. The lowest BCUT2D eigenvalue weighted by Gasteiger charge is -2.32. The van der Waals surface area contributed by atoms with E-state index in [1.54, 1.807) is 12.1 Å². The molecule has 1 aromatic rings. The van der Waals surface area contributed by atoms with Crippen LogP contribution in [0.1, 0.15) is 26.2 Å². The summed E-state index contributed by atoms with van der Waals surface area (Å²) in [6.45, 7) is 2.10. The molecule has 0 aromatic heterocycles. The van der Waals surface area contributed by atoms with Crippen molar-refractivity contribution in [3.05, 3.63) is 30.1 Å². The van der Waals surface area contributed by atoms with Crippen LogP contribution in [0.4, 0.5) is 4.39 Å². The highest BCUT2D eigenvalue weighted by atomic mass is 19.1. The summed E-state index contributed by atoms with van der Waals surface area (Å²) in [5, 5.41) is 11.7. The molecule has 5 nitrogen and oxygen atoms in total. The number of carboxylic acids is 1. The van der Waals surface area contributed by atoms with Gasteiger partial charge in [-0.25, -0.2) is 4.39 Å². The third-order valence-corrected chi connectivity index (χ3v) is 4.02. The smallest absolute Gasteiger partial charge is 0.307 e. The Balaban J connectivity index is 1.85. The van der Waals surface area contributed by atoms with E-state index < -0.39 is 23.6 Å². The molecule has 3 atom stereocenters. The predicted molar refractivity (Wildman–Crippen MR) is 78.0 cm³/mol. The molecule has 0 saturated heterocycles. The number of aliphatic carboxylic acids is 1. The summed E-state index contributed by atoms with van der Waals surface area (Å²) in [6, 6.07) is 6.10. The molecule has 2 rings (SSSR count). The number of hydrogen-bond donors (Lipinski definition) is 2. The van der Waals surface area contributed by atoms with Gasteiger partial charge in [-0.15, -0.1) is 0 Å². The van der Waals surface area contributed by atoms with Gasteiger partial charge in [-0.3, -0.25) is 9.59 Å². The number of carbonyl (C=O) groups is 2. The fraction of sp³-hybridized carbons (Fsp3) is 0.500. The maximum atomic E-state index is 13.5. The second kappa shape index (κ2) is 7.24. The number of nitrogens with one attached hydrogen (secondary N) is 1. The number of carbonyl (C=O) groups excluding carboxylic acids is 1. The van der Waals surface area contributed by atoms with Crippen molar-refractivity contribution in [2.75, 3.05) is 6.54 Å². The van der Waals surface area contributed by atoms with Crippen LogP contribution >= 0.6 is 0 Å².